The minimum absolute atomic E-state index is 0.0517. The molecule has 0 atom stereocenters. The summed E-state index contributed by atoms with van der Waals surface area (Å²) in [5.41, 5.74) is 5.99. The Balaban J connectivity index is 1.91. The van der Waals surface area contributed by atoms with Gasteiger partial charge in [-0.05, 0) is 30.8 Å². The third-order valence-corrected chi connectivity index (χ3v) is 5.71. The van der Waals surface area contributed by atoms with E-state index in [1.807, 2.05) is 0 Å². The molecule has 2 N–H and O–H groups in total. The number of carbonyl (C=O) groups is 2. The van der Waals surface area contributed by atoms with E-state index in [2.05, 4.69) is 11.8 Å². The lowest BCUT2D eigenvalue weighted by Gasteiger charge is -2.37. The topological polar surface area (TPSA) is 69.9 Å². The first-order chi connectivity index (χ1) is 14.8. The highest BCUT2D eigenvalue weighted by molar-refractivity contribution is 6.33. The summed E-state index contributed by atoms with van der Waals surface area (Å²) in [5, 5.41) is 0.0517. The van der Waals surface area contributed by atoms with Crippen molar-refractivity contribution in [3.05, 3.63) is 64.2 Å². The van der Waals surface area contributed by atoms with Gasteiger partial charge in [0, 0.05) is 37.3 Å². The van der Waals surface area contributed by atoms with Crippen molar-refractivity contribution in [3.63, 3.8) is 0 Å². The van der Waals surface area contributed by atoms with Gasteiger partial charge in [0.05, 0.1) is 23.8 Å². The van der Waals surface area contributed by atoms with E-state index in [4.69, 9.17) is 17.3 Å². The van der Waals surface area contributed by atoms with Crippen LogP contribution in [0.3, 0.4) is 0 Å². The molecule has 1 aliphatic rings. The Hall–Kier alpha value is -2.55. The van der Waals surface area contributed by atoms with Gasteiger partial charge in [0.25, 0.3) is 0 Å². The maximum absolute atomic E-state index is 14.7. The summed E-state index contributed by atoms with van der Waals surface area (Å²) in [6.45, 7) is 5.12. The normalized spacial score (nSPS) is 14.5. The molecule has 0 saturated carbocycles. The molecule has 1 heterocycles. The molecule has 166 valence electrons. The van der Waals surface area contributed by atoms with E-state index in [1.165, 1.54) is 29.2 Å². The fourth-order valence-corrected chi connectivity index (χ4v) is 3.79. The average Bonchev–Trinajstić information content (AvgIpc) is 2.78. The number of ketones is 1. The number of nitrogens with two attached hydrogens (primary N) is 1. The Morgan fingerprint density at radius 3 is 2.39 bits per heavy atom. The zero-order valence-corrected chi connectivity index (χ0v) is 18.0. The Kier molecular flexibility index (Phi) is 7.59. The van der Waals surface area contributed by atoms with Crippen molar-refractivity contribution >= 4 is 29.1 Å². The Morgan fingerprint density at radius 1 is 1.10 bits per heavy atom. The molecule has 2 amide bonds. The minimum atomic E-state index is -0.633. The van der Waals surface area contributed by atoms with Crippen molar-refractivity contribution in [2.45, 2.75) is 13.5 Å². The number of carbonyl (C=O) groups excluding carboxylic acids is 2. The molecule has 3 rings (SSSR count). The molecule has 2 aromatic rings. The Labute approximate surface area is 185 Å². The summed E-state index contributed by atoms with van der Waals surface area (Å²) in [5.74, 6) is -1.55. The smallest absolute Gasteiger partial charge is 0.324 e. The molecule has 0 aromatic heterocycles. The summed E-state index contributed by atoms with van der Waals surface area (Å²) in [6.07, 6.45) is 0. The van der Waals surface area contributed by atoms with Gasteiger partial charge in [0.15, 0.2) is 5.78 Å². The zero-order valence-electron chi connectivity index (χ0n) is 17.3. The van der Waals surface area contributed by atoms with Gasteiger partial charge in [0.1, 0.15) is 11.6 Å². The van der Waals surface area contributed by atoms with Crippen molar-refractivity contribution in [2.24, 2.45) is 5.73 Å². The molecule has 0 unspecified atom stereocenters. The summed E-state index contributed by atoms with van der Waals surface area (Å²) < 4.78 is 28.3. The SMILES string of the molecule is CCN1CCN(C(=O)N(Cc2ccc(C(=O)CN)cc2F)c2ccc(F)cc2Cl)CC1. The lowest BCUT2D eigenvalue weighted by molar-refractivity contribution is 0.100. The standard InChI is InChI=1S/C22H25ClF2N4O2/c1-2-27-7-9-28(10-8-27)22(31)29(20-6-5-17(24)12-18(20)23)14-16-4-3-15(11-19(16)25)21(30)13-26/h3-6,11-12H,2,7-10,13-14,26H2,1H3. The third kappa shape index (κ3) is 5.39. The van der Waals surface area contributed by atoms with Crippen LogP contribution in [-0.4, -0.2) is 60.9 Å². The van der Waals surface area contributed by atoms with Crippen LogP contribution in [0.2, 0.25) is 5.02 Å². The number of likely N-dealkylation sites (N-methyl/N-ethyl adjacent to an activating group) is 1. The maximum Gasteiger partial charge on any atom is 0.324 e. The van der Waals surface area contributed by atoms with E-state index in [0.29, 0.717) is 13.1 Å². The first-order valence-corrected chi connectivity index (χ1v) is 10.5. The summed E-state index contributed by atoms with van der Waals surface area (Å²) in [4.78, 5) is 30.3. The Morgan fingerprint density at radius 2 is 1.81 bits per heavy atom. The molecule has 9 heteroatoms. The molecule has 6 nitrogen and oxygen atoms in total. The van der Waals surface area contributed by atoms with Crippen LogP contribution in [0.1, 0.15) is 22.8 Å². The van der Waals surface area contributed by atoms with Gasteiger partial charge in [0.2, 0.25) is 0 Å². The number of rotatable bonds is 6. The van der Waals surface area contributed by atoms with Gasteiger partial charge < -0.3 is 15.5 Å². The fraction of sp³-hybridized carbons (Fsp3) is 0.364. The van der Waals surface area contributed by atoms with E-state index in [-0.39, 0.29) is 46.7 Å². The van der Waals surface area contributed by atoms with Crippen LogP contribution in [0.4, 0.5) is 19.3 Å². The first kappa shape index (κ1) is 23.1. The van der Waals surface area contributed by atoms with Crippen molar-refractivity contribution < 1.29 is 18.4 Å². The Bertz CT molecular complexity index is 965. The van der Waals surface area contributed by atoms with Crippen molar-refractivity contribution in [3.8, 4) is 0 Å². The molecule has 1 fully saturated rings. The highest BCUT2D eigenvalue weighted by Crippen LogP contribution is 2.30. The summed E-state index contributed by atoms with van der Waals surface area (Å²) in [7, 11) is 0. The molecule has 0 aliphatic carbocycles. The minimum Gasteiger partial charge on any atom is -0.324 e. The predicted octanol–water partition coefficient (Wildman–Crippen LogP) is 3.52. The summed E-state index contributed by atoms with van der Waals surface area (Å²) >= 11 is 6.23. The average molecular weight is 451 g/mol. The van der Waals surface area contributed by atoms with Crippen LogP contribution in [0.5, 0.6) is 0 Å². The second-order valence-corrected chi connectivity index (χ2v) is 7.73. The first-order valence-electron chi connectivity index (χ1n) is 10.1. The molecule has 0 bridgehead atoms. The highest BCUT2D eigenvalue weighted by Gasteiger charge is 2.28. The number of Topliss-reactive ketones (excluding diaryl/α,β-unsaturated/α-hetero) is 1. The van der Waals surface area contributed by atoms with Crippen molar-refractivity contribution in [2.75, 3.05) is 44.2 Å². The monoisotopic (exact) mass is 450 g/mol. The number of benzene rings is 2. The molecule has 31 heavy (non-hydrogen) atoms. The third-order valence-electron chi connectivity index (χ3n) is 5.41. The second-order valence-electron chi connectivity index (χ2n) is 7.32. The number of amides is 2. The molecular weight excluding hydrogens is 426 g/mol. The molecule has 2 aromatic carbocycles. The summed E-state index contributed by atoms with van der Waals surface area (Å²) in [6, 6.07) is 7.42. The van der Waals surface area contributed by atoms with Crippen LogP contribution >= 0.6 is 11.6 Å². The molecular formula is C22H25ClF2N4O2. The lowest BCUT2D eigenvalue weighted by atomic mass is 10.1. The van der Waals surface area contributed by atoms with Crippen molar-refractivity contribution in [1.82, 2.24) is 9.80 Å². The van der Waals surface area contributed by atoms with Crippen LogP contribution in [-0.2, 0) is 6.54 Å². The largest absolute Gasteiger partial charge is 0.324 e. The predicted molar refractivity (Wildman–Crippen MR) is 116 cm³/mol. The van der Waals surface area contributed by atoms with Gasteiger partial charge in [-0.1, -0.05) is 30.7 Å². The van der Waals surface area contributed by atoms with E-state index in [9.17, 15) is 18.4 Å². The van der Waals surface area contributed by atoms with E-state index in [1.54, 1.807) is 4.90 Å². The molecule has 0 radical (unpaired) electrons. The zero-order chi connectivity index (χ0) is 22.5. The van der Waals surface area contributed by atoms with Gasteiger partial charge in [-0.2, -0.15) is 0 Å². The fourth-order valence-electron chi connectivity index (χ4n) is 3.52. The van der Waals surface area contributed by atoms with E-state index < -0.39 is 11.6 Å². The molecule has 0 spiro atoms. The number of hydrogen-bond donors (Lipinski definition) is 1. The van der Waals surface area contributed by atoms with E-state index in [0.717, 1.165) is 31.8 Å². The second kappa shape index (κ2) is 10.2. The number of urea groups is 1. The maximum atomic E-state index is 14.7. The molecule has 1 saturated heterocycles. The lowest BCUT2D eigenvalue weighted by Crippen LogP contribution is -2.52. The van der Waals surface area contributed by atoms with Crippen LogP contribution in [0.15, 0.2) is 36.4 Å². The van der Waals surface area contributed by atoms with Crippen LogP contribution in [0, 0.1) is 11.6 Å². The van der Waals surface area contributed by atoms with Crippen molar-refractivity contribution in [1.29, 1.82) is 0 Å². The number of anilines is 1. The van der Waals surface area contributed by atoms with Gasteiger partial charge in [-0.3, -0.25) is 9.69 Å². The van der Waals surface area contributed by atoms with Crippen LogP contribution in [0.25, 0.3) is 0 Å². The number of halogens is 3. The number of nitrogens with zero attached hydrogens (tertiary/aromatic N) is 3. The quantitative estimate of drug-likeness (QED) is 0.683. The van der Waals surface area contributed by atoms with Gasteiger partial charge >= 0.3 is 6.03 Å². The van der Waals surface area contributed by atoms with Crippen LogP contribution < -0.4 is 10.6 Å². The highest BCUT2D eigenvalue weighted by atomic mass is 35.5. The van der Waals surface area contributed by atoms with Gasteiger partial charge in [-0.15, -0.1) is 0 Å². The van der Waals surface area contributed by atoms with Gasteiger partial charge in [-0.25, -0.2) is 13.6 Å². The van der Waals surface area contributed by atoms with E-state index >= 15 is 0 Å². The number of piperazine rings is 1. The molecule has 1 aliphatic heterocycles. The number of hydrogen-bond acceptors (Lipinski definition) is 4.